The summed E-state index contributed by atoms with van der Waals surface area (Å²) in [6.45, 7) is 2.98. The minimum Gasteiger partial charge on any atom is -0.482 e. The summed E-state index contributed by atoms with van der Waals surface area (Å²) in [5, 5.41) is 3.70. The zero-order valence-electron chi connectivity index (χ0n) is 13.7. The molecule has 0 saturated heterocycles. The Kier molecular flexibility index (Phi) is 6.67. The van der Waals surface area contributed by atoms with Crippen molar-refractivity contribution in [2.24, 2.45) is 0 Å². The Bertz CT molecular complexity index is 779. The van der Waals surface area contributed by atoms with Crippen LogP contribution >= 0.6 is 23.2 Å². The van der Waals surface area contributed by atoms with Gasteiger partial charge < -0.3 is 14.8 Å². The van der Waals surface area contributed by atoms with E-state index in [0.29, 0.717) is 21.5 Å². The van der Waals surface area contributed by atoms with E-state index < -0.39 is 18.0 Å². The lowest BCUT2D eigenvalue weighted by molar-refractivity contribution is -0.155. The molecule has 0 aliphatic rings. The molecule has 25 heavy (non-hydrogen) atoms. The van der Waals surface area contributed by atoms with Crippen LogP contribution in [0.25, 0.3) is 0 Å². The van der Waals surface area contributed by atoms with Crippen molar-refractivity contribution in [1.29, 1.82) is 0 Å². The molecule has 0 fully saturated rings. The summed E-state index contributed by atoms with van der Waals surface area (Å²) in [5.74, 6) is -0.584. The second kappa shape index (κ2) is 8.74. The molecule has 2 aromatic rings. The van der Waals surface area contributed by atoms with Crippen molar-refractivity contribution in [3.05, 3.63) is 58.1 Å². The van der Waals surface area contributed by atoms with Crippen LogP contribution in [0.15, 0.2) is 42.5 Å². The van der Waals surface area contributed by atoms with Gasteiger partial charge in [-0.05, 0) is 55.8 Å². The minimum absolute atomic E-state index is 0.308. The van der Waals surface area contributed by atoms with Crippen LogP contribution in [-0.2, 0) is 14.3 Å². The van der Waals surface area contributed by atoms with Crippen molar-refractivity contribution in [3.63, 3.8) is 0 Å². The molecule has 0 aromatic heterocycles. The summed E-state index contributed by atoms with van der Waals surface area (Å²) >= 11 is 11.7. The van der Waals surface area contributed by atoms with Crippen molar-refractivity contribution >= 4 is 40.8 Å². The quantitative estimate of drug-likeness (QED) is 0.759. The van der Waals surface area contributed by atoms with Gasteiger partial charge in [0.2, 0.25) is 0 Å². The number of rotatable bonds is 6. The summed E-state index contributed by atoms with van der Waals surface area (Å²) in [6.07, 6.45) is -0.971. The Morgan fingerprint density at radius 3 is 2.52 bits per heavy atom. The number of aryl methyl sites for hydroxylation is 1. The summed E-state index contributed by atoms with van der Waals surface area (Å²) in [4.78, 5) is 23.9. The molecule has 0 aliphatic heterocycles. The molecule has 132 valence electrons. The molecule has 0 unspecified atom stereocenters. The average molecular weight is 382 g/mol. The number of amides is 1. The van der Waals surface area contributed by atoms with Crippen LogP contribution in [0.3, 0.4) is 0 Å². The SMILES string of the molecule is Cc1cc(Cl)ccc1OCC(=O)O[C@@H](C)C(=O)Nc1cccc(Cl)c1. The monoisotopic (exact) mass is 381 g/mol. The van der Waals surface area contributed by atoms with E-state index >= 15 is 0 Å². The van der Waals surface area contributed by atoms with Crippen molar-refractivity contribution in [2.75, 3.05) is 11.9 Å². The third kappa shape index (κ3) is 5.96. The fraction of sp³-hybridized carbons (Fsp3) is 0.222. The van der Waals surface area contributed by atoms with Gasteiger partial charge in [-0.25, -0.2) is 4.79 Å². The highest BCUT2D eigenvalue weighted by atomic mass is 35.5. The first-order valence-corrected chi connectivity index (χ1v) is 8.25. The summed E-state index contributed by atoms with van der Waals surface area (Å²) < 4.78 is 10.5. The maximum atomic E-state index is 12.0. The van der Waals surface area contributed by atoms with Gasteiger partial charge in [-0.1, -0.05) is 29.3 Å². The van der Waals surface area contributed by atoms with E-state index in [0.717, 1.165) is 5.56 Å². The molecule has 0 aliphatic carbocycles. The number of benzene rings is 2. The fourth-order valence-corrected chi connectivity index (χ4v) is 2.42. The molecule has 0 heterocycles. The molecule has 0 bridgehead atoms. The van der Waals surface area contributed by atoms with Gasteiger partial charge in [-0.15, -0.1) is 0 Å². The van der Waals surface area contributed by atoms with Gasteiger partial charge in [-0.3, -0.25) is 4.79 Å². The predicted molar refractivity (Wildman–Crippen MR) is 97.3 cm³/mol. The largest absolute Gasteiger partial charge is 0.482 e. The average Bonchev–Trinajstić information content (AvgIpc) is 2.54. The van der Waals surface area contributed by atoms with Crippen molar-refractivity contribution in [3.8, 4) is 5.75 Å². The number of carbonyl (C=O) groups is 2. The smallest absolute Gasteiger partial charge is 0.344 e. The molecule has 0 saturated carbocycles. The highest BCUT2D eigenvalue weighted by Gasteiger charge is 2.18. The Labute approximate surface area is 155 Å². The van der Waals surface area contributed by atoms with Crippen LogP contribution in [0.2, 0.25) is 10.0 Å². The predicted octanol–water partition coefficient (Wildman–Crippen LogP) is 4.25. The van der Waals surface area contributed by atoms with Gasteiger partial charge in [0.25, 0.3) is 5.91 Å². The van der Waals surface area contributed by atoms with Crippen molar-refractivity contribution < 1.29 is 19.1 Å². The minimum atomic E-state index is -0.971. The molecule has 2 aromatic carbocycles. The highest BCUT2D eigenvalue weighted by molar-refractivity contribution is 6.31. The number of ether oxygens (including phenoxy) is 2. The Morgan fingerprint density at radius 1 is 1.12 bits per heavy atom. The van der Waals surface area contributed by atoms with Gasteiger partial charge >= 0.3 is 5.97 Å². The lowest BCUT2D eigenvalue weighted by Crippen LogP contribution is -2.31. The van der Waals surface area contributed by atoms with E-state index in [-0.39, 0.29) is 6.61 Å². The van der Waals surface area contributed by atoms with Crippen LogP contribution in [0.4, 0.5) is 5.69 Å². The van der Waals surface area contributed by atoms with Gasteiger partial charge in [0, 0.05) is 15.7 Å². The maximum absolute atomic E-state index is 12.0. The maximum Gasteiger partial charge on any atom is 0.344 e. The van der Waals surface area contributed by atoms with Gasteiger partial charge in [0.1, 0.15) is 5.75 Å². The van der Waals surface area contributed by atoms with Crippen molar-refractivity contribution in [1.82, 2.24) is 0 Å². The highest BCUT2D eigenvalue weighted by Crippen LogP contribution is 2.21. The molecule has 1 amide bonds. The van der Waals surface area contributed by atoms with E-state index in [1.807, 2.05) is 6.92 Å². The van der Waals surface area contributed by atoms with E-state index in [9.17, 15) is 9.59 Å². The Hall–Kier alpha value is -2.24. The van der Waals surface area contributed by atoms with E-state index in [4.69, 9.17) is 32.7 Å². The molecular formula is C18H17Cl2NO4. The standard InChI is InChI=1S/C18H17Cl2NO4/c1-11-8-14(20)6-7-16(11)24-10-17(22)25-12(2)18(23)21-15-5-3-4-13(19)9-15/h3-9,12H,10H2,1-2H3,(H,21,23)/t12-/m0/s1. The number of hydrogen-bond donors (Lipinski definition) is 1. The second-order valence-corrected chi connectivity index (χ2v) is 6.20. The Morgan fingerprint density at radius 2 is 1.84 bits per heavy atom. The number of nitrogens with one attached hydrogen (secondary N) is 1. The van der Waals surface area contributed by atoms with Gasteiger partial charge in [-0.2, -0.15) is 0 Å². The van der Waals surface area contributed by atoms with E-state index in [1.165, 1.54) is 6.92 Å². The van der Waals surface area contributed by atoms with Gasteiger partial charge in [0.05, 0.1) is 0 Å². The normalized spacial score (nSPS) is 11.5. The molecule has 0 spiro atoms. The summed E-state index contributed by atoms with van der Waals surface area (Å²) in [7, 11) is 0. The molecular weight excluding hydrogens is 365 g/mol. The molecule has 1 N–H and O–H groups in total. The third-order valence-corrected chi connectivity index (χ3v) is 3.72. The van der Waals surface area contributed by atoms with Crippen LogP contribution in [0.5, 0.6) is 5.75 Å². The van der Waals surface area contributed by atoms with Crippen LogP contribution in [-0.4, -0.2) is 24.6 Å². The fourth-order valence-electron chi connectivity index (χ4n) is 2.01. The number of hydrogen-bond acceptors (Lipinski definition) is 4. The second-order valence-electron chi connectivity index (χ2n) is 5.33. The molecule has 1 atom stereocenters. The molecule has 0 radical (unpaired) electrons. The summed E-state index contributed by atoms with van der Waals surface area (Å²) in [6, 6.07) is 11.7. The molecule has 5 nitrogen and oxygen atoms in total. The number of esters is 1. The van der Waals surface area contributed by atoms with E-state index in [1.54, 1.807) is 42.5 Å². The summed E-state index contributed by atoms with van der Waals surface area (Å²) in [5.41, 5.74) is 1.32. The molecule has 2 rings (SSSR count). The number of carbonyl (C=O) groups excluding carboxylic acids is 2. The zero-order valence-corrected chi connectivity index (χ0v) is 15.2. The first-order valence-electron chi connectivity index (χ1n) is 7.50. The lowest BCUT2D eigenvalue weighted by atomic mass is 10.2. The first kappa shape index (κ1) is 19.1. The number of anilines is 1. The van der Waals surface area contributed by atoms with E-state index in [2.05, 4.69) is 5.32 Å². The van der Waals surface area contributed by atoms with Gasteiger partial charge in [0.15, 0.2) is 12.7 Å². The van der Waals surface area contributed by atoms with Crippen LogP contribution in [0.1, 0.15) is 12.5 Å². The zero-order chi connectivity index (χ0) is 18.4. The lowest BCUT2D eigenvalue weighted by Gasteiger charge is -2.14. The van der Waals surface area contributed by atoms with Crippen LogP contribution in [0, 0.1) is 6.92 Å². The van der Waals surface area contributed by atoms with Crippen LogP contribution < -0.4 is 10.1 Å². The molecule has 7 heteroatoms. The Balaban J connectivity index is 1.83. The topological polar surface area (TPSA) is 64.6 Å². The van der Waals surface area contributed by atoms with Crippen molar-refractivity contribution in [2.45, 2.75) is 20.0 Å². The third-order valence-electron chi connectivity index (χ3n) is 3.25. The number of halogens is 2. The first-order chi connectivity index (χ1) is 11.8.